The molecule has 0 radical (unpaired) electrons. The third-order valence-electron chi connectivity index (χ3n) is 3.17. The largest absolute Gasteiger partial charge is 0.748 e. The van der Waals surface area contributed by atoms with Crippen molar-refractivity contribution in [3.63, 3.8) is 0 Å². The molecule has 0 aliphatic carbocycles. The summed E-state index contributed by atoms with van der Waals surface area (Å²) < 4.78 is 29.6. The second-order valence-corrected chi connectivity index (χ2v) is 6.77. The summed E-state index contributed by atoms with van der Waals surface area (Å²) >= 11 is 0. The highest BCUT2D eigenvalue weighted by atomic mass is 32.2. The number of hydrogen-bond acceptors (Lipinski definition) is 3. The maximum Gasteiger partial charge on any atom is 0.178 e. The molecule has 0 aliphatic heterocycles. The van der Waals surface area contributed by atoms with Crippen molar-refractivity contribution in [2.45, 2.75) is 65.3 Å². The molecule has 0 spiro atoms. The first-order valence-electron chi connectivity index (χ1n) is 7.70. The van der Waals surface area contributed by atoms with Crippen LogP contribution >= 0.6 is 0 Å². The molecule has 0 amide bonds. The van der Waals surface area contributed by atoms with Gasteiger partial charge < -0.3 is 4.55 Å². The molecule has 0 saturated carbocycles. The second-order valence-electron chi connectivity index (χ2n) is 5.36. The zero-order valence-electron chi connectivity index (χ0n) is 13.5. The Kier molecular flexibility index (Phi) is 11.2. The molecule has 21 heavy (non-hydrogen) atoms. The van der Waals surface area contributed by atoms with Crippen molar-refractivity contribution in [3.8, 4) is 0 Å². The average Bonchev–Trinajstić information content (AvgIpc) is 2.38. The van der Waals surface area contributed by atoms with Crippen molar-refractivity contribution in [2.24, 2.45) is 0 Å². The monoisotopic (exact) mass is 315 g/mol. The Hall–Kier alpha value is -0.940. The molecule has 122 valence electrons. The number of aryl methyl sites for hydroxylation is 2. The lowest BCUT2D eigenvalue weighted by Crippen LogP contribution is -2.36. The molecule has 4 nitrogen and oxygen atoms in total. The molecule has 0 fully saturated rings. The summed E-state index contributed by atoms with van der Waals surface area (Å²) in [5, 5.41) is 0. The van der Waals surface area contributed by atoms with Gasteiger partial charge >= 0.3 is 0 Å². The summed E-state index contributed by atoms with van der Waals surface area (Å²) in [6.45, 7) is 5.64. The quantitative estimate of drug-likeness (QED) is 0.420. The number of aromatic nitrogens is 1. The van der Waals surface area contributed by atoms with Gasteiger partial charge in [0.1, 0.15) is 6.54 Å². The zero-order chi connectivity index (χ0) is 16.1. The van der Waals surface area contributed by atoms with Gasteiger partial charge in [0, 0.05) is 31.7 Å². The van der Waals surface area contributed by atoms with Gasteiger partial charge in [0.15, 0.2) is 11.9 Å². The summed E-state index contributed by atoms with van der Waals surface area (Å²) in [6, 6.07) is 6.41. The Morgan fingerprint density at radius 3 is 2.10 bits per heavy atom. The number of rotatable bonds is 8. The van der Waals surface area contributed by atoms with Crippen LogP contribution in [0.4, 0.5) is 0 Å². The van der Waals surface area contributed by atoms with Crippen LogP contribution in [0.5, 0.6) is 0 Å². The Morgan fingerprint density at radius 2 is 1.57 bits per heavy atom. The van der Waals surface area contributed by atoms with Gasteiger partial charge in [-0.2, -0.15) is 0 Å². The lowest BCUT2D eigenvalue weighted by atomic mass is 10.1. The number of unbranched alkanes of at least 4 members (excludes halogenated alkanes) is 6. The van der Waals surface area contributed by atoms with Gasteiger partial charge in [0.05, 0.1) is 10.1 Å². The summed E-state index contributed by atoms with van der Waals surface area (Å²) in [6.07, 6.45) is 12.5. The Morgan fingerprint density at radius 1 is 1.05 bits per heavy atom. The van der Waals surface area contributed by atoms with Gasteiger partial charge in [0.2, 0.25) is 0 Å². The standard InChI is InChI=1S/C15H26N.CH4O3S/c1-3-4-5-6-7-8-10-13-16-14-11-9-12-15(16)2;1-5(2,3)4/h9,11-12,14H,3-8,10,13H2,1-2H3;1H3,(H,2,3,4)/q+1;/p-1. The highest BCUT2D eigenvalue weighted by molar-refractivity contribution is 7.84. The zero-order valence-corrected chi connectivity index (χ0v) is 14.4. The smallest absolute Gasteiger partial charge is 0.178 e. The van der Waals surface area contributed by atoms with Crippen LogP contribution in [0.2, 0.25) is 0 Å². The van der Waals surface area contributed by atoms with Crippen molar-refractivity contribution in [1.82, 2.24) is 0 Å². The topological polar surface area (TPSA) is 61.1 Å². The fourth-order valence-electron chi connectivity index (χ4n) is 2.05. The normalized spacial score (nSPS) is 10.9. The van der Waals surface area contributed by atoms with Crippen LogP contribution in [0, 0.1) is 6.92 Å². The third-order valence-corrected chi connectivity index (χ3v) is 3.17. The van der Waals surface area contributed by atoms with Crippen LogP contribution < -0.4 is 4.57 Å². The van der Waals surface area contributed by atoms with Crippen molar-refractivity contribution >= 4 is 10.1 Å². The fourth-order valence-corrected chi connectivity index (χ4v) is 2.05. The van der Waals surface area contributed by atoms with Crippen LogP contribution in [0.25, 0.3) is 0 Å². The van der Waals surface area contributed by atoms with E-state index in [0.29, 0.717) is 6.26 Å². The molecule has 0 atom stereocenters. The lowest BCUT2D eigenvalue weighted by molar-refractivity contribution is -0.703. The number of hydrogen-bond donors (Lipinski definition) is 0. The van der Waals surface area contributed by atoms with Crippen molar-refractivity contribution in [1.29, 1.82) is 0 Å². The molecule has 0 aromatic carbocycles. The highest BCUT2D eigenvalue weighted by Crippen LogP contribution is 2.06. The first-order valence-corrected chi connectivity index (χ1v) is 9.52. The van der Waals surface area contributed by atoms with E-state index in [4.69, 9.17) is 13.0 Å². The molecule has 1 aromatic rings. The Balaban J connectivity index is 0.000000690. The van der Waals surface area contributed by atoms with Gasteiger partial charge in [-0.3, -0.25) is 0 Å². The fraction of sp³-hybridized carbons (Fsp3) is 0.688. The molecule has 1 aromatic heterocycles. The van der Waals surface area contributed by atoms with Crippen molar-refractivity contribution < 1.29 is 17.5 Å². The molecular formula is C16H29NO3S. The molecular weight excluding hydrogens is 286 g/mol. The van der Waals surface area contributed by atoms with E-state index in [0.717, 1.165) is 0 Å². The summed E-state index contributed by atoms with van der Waals surface area (Å²) in [5.74, 6) is 0. The van der Waals surface area contributed by atoms with E-state index in [9.17, 15) is 0 Å². The van der Waals surface area contributed by atoms with Gasteiger partial charge in [-0.1, -0.05) is 45.1 Å². The minimum atomic E-state index is -3.92. The van der Waals surface area contributed by atoms with E-state index >= 15 is 0 Å². The third kappa shape index (κ3) is 15.3. The predicted molar refractivity (Wildman–Crippen MR) is 85.0 cm³/mol. The van der Waals surface area contributed by atoms with E-state index in [1.54, 1.807) is 0 Å². The SMILES string of the molecule is CCCCCCCCC[n+]1ccccc1C.CS(=O)(=O)[O-]. The van der Waals surface area contributed by atoms with E-state index < -0.39 is 10.1 Å². The molecule has 1 rings (SSSR count). The minimum absolute atomic E-state index is 0.604. The van der Waals surface area contributed by atoms with Crippen LogP contribution in [-0.4, -0.2) is 19.2 Å². The van der Waals surface area contributed by atoms with Crippen LogP contribution in [0.1, 0.15) is 57.6 Å². The minimum Gasteiger partial charge on any atom is -0.748 e. The molecule has 0 saturated heterocycles. The maximum atomic E-state index is 9.08. The summed E-state index contributed by atoms with van der Waals surface area (Å²) in [7, 11) is -3.92. The summed E-state index contributed by atoms with van der Waals surface area (Å²) in [4.78, 5) is 0. The van der Waals surface area contributed by atoms with Gasteiger partial charge in [-0.25, -0.2) is 13.0 Å². The van der Waals surface area contributed by atoms with E-state index in [1.807, 2.05) is 0 Å². The van der Waals surface area contributed by atoms with Crippen LogP contribution in [0.3, 0.4) is 0 Å². The molecule has 0 N–H and O–H groups in total. The second kappa shape index (κ2) is 11.7. The number of nitrogens with zero attached hydrogens (tertiary/aromatic N) is 1. The van der Waals surface area contributed by atoms with Gasteiger partial charge in [0.25, 0.3) is 0 Å². The predicted octanol–water partition coefficient (Wildman–Crippen LogP) is 3.19. The van der Waals surface area contributed by atoms with E-state index in [-0.39, 0.29) is 0 Å². The molecule has 0 unspecified atom stereocenters. The first kappa shape index (κ1) is 20.1. The molecule has 5 heteroatoms. The van der Waals surface area contributed by atoms with Gasteiger partial charge in [-0.15, -0.1) is 0 Å². The van der Waals surface area contributed by atoms with Crippen molar-refractivity contribution in [3.05, 3.63) is 30.1 Å². The molecule has 0 bridgehead atoms. The molecule has 0 aliphatic rings. The summed E-state index contributed by atoms with van der Waals surface area (Å²) in [5.41, 5.74) is 1.37. The maximum absolute atomic E-state index is 9.08. The van der Waals surface area contributed by atoms with Gasteiger partial charge in [-0.05, 0) is 6.42 Å². The van der Waals surface area contributed by atoms with E-state index in [1.165, 1.54) is 57.2 Å². The lowest BCUT2D eigenvalue weighted by Gasteiger charge is -2.01. The van der Waals surface area contributed by atoms with Crippen LogP contribution in [-0.2, 0) is 16.7 Å². The Labute approximate surface area is 130 Å². The van der Waals surface area contributed by atoms with E-state index in [2.05, 4.69) is 42.8 Å². The van der Waals surface area contributed by atoms with Crippen molar-refractivity contribution in [2.75, 3.05) is 6.26 Å². The average molecular weight is 315 g/mol. The molecule has 1 heterocycles. The number of pyridine rings is 1. The Bertz CT molecular complexity index is 464. The first-order chi connectivity index (χ1) is 9.84. The van der Waals surface area contributed by atoms with Crippen LogP contribution in [0.15, 0.2) is 24.4 Å². The highest BCUT2D eigenvalue weighted by Gasteiger charge is 2.02.